The molecule has 0 radical (unpaired) electrons. The Hall–Kier alpha value is -1.75. The molecular weight excluding hydrogens is 270 g/mol. The molecule has 21 heavy (non-hydrogen) atoms. The van der Waals surface area contributed by atoms with Crippen molar-refractivity contribution in [1.82, 2.24) is 5.32 Å². The number of aliphatic hydroxyl groups excluding tert-OH is 1. The van der Waals surface area contributed by atoms with Crippen LogP contribution >= 0.6 is 0 Å². The van der Waals surface area contributed by atoms with Crippen LogP contribution in [-0.2, 0) is 0 Å². The van der Waals surface area contributed by atoms with Crippen LogP contribution in [0, 0.1) is 5.41 Å². The molecule has 1 aromatic carbocycles. The molecule has 0 saturated heterocycles. The lowest BCUT2D eigenvalue weighted by atomic mass is 9.64. The molecule has 1 aromatic rings. The highest BCUT2D eigenvalue weighted by Crippen LogP contribution is 2.40. The number of amides is 1. The minimum atomic E-state index is -0.355. The maximum Gasteiger partial charge on any atom is 0.251 e. The average Bonchev–Trinajstić information content (AvgIpc) is 2.71. The van der Waals surface area contributed by atoms with Gasteiger partial charge in [0.05, 0.1) is 19.3 Å². The van der Waals surface area contributed by atoms with Gasteiger partial charge in [0, 0.05) is 23.4 Å². The second kappa shape index (κ2) is 5.22. The third-order valence-corrected chi connectivity index (χ3v) is 4.53. The molecule has 2 N–H and O–H groups in total. The van der Waals surface area contributed by atoms with Crippen molar-refractivity contribution >= 4 is 5.91 Å². The summed E-state index contributed by atoms with van der Waals surface area (Å²) < 4.78 is 11.2. The number of carbonyl (C=O) groups is 1. The summed E-state index contributed by atoms with van der Waals surface area (Å²) in [6.45, 7) is 5.15. The molecule has 1 aliphatic heterocycles. The molecule has 2 aliphatic rings. The van der Waals surface area contributed by atoms with Crippen LogP contribution in [0.3, 0.4) is 0 Å². The summed E-state index contributed by atoms with van der Waals surface area (Å²) in [7, 11) is 0. The van der Waals surface area contributed by atoms with Gasteiger partial charge in [-0.2, -0.15) is 0 Å². The summed E-state index contributed by atoms with van der Waals surface area (Å²) in [4.78, 5) is 12.3. The second-order valence-electron chi connectivity index (χ2n) is 6.31. The largest absolute Gasteiger partial charge is 0.490 e. The van der Waals surface area contributed by atoms with Gasteiger partial charge in [-0.15, -0.1) is 0 Å². The van der Waals surface area contributed by atoms with Crippen LogP contribution in [0.5, 0.6) is 11.5 Å². The number of rotatable bonds is 2. The lowest BCUT2D eigenvalue weighted by Crippen LogP contribution is -2.61. The maximum absolute atomic E-state index is 12.3. The summed E-state index contributed by atoms with van der Waals surface area (Å²) in [5.41, 5.74) is 0.275. The van der Waals surface area contributed by atoms with Gasteiger partial charge in [-0.3, -0.25) is 4.79 Å². The van der Waals surface area contributed by atoms with Crippen LogP contribution in [0.25, 0.3) is 0 Å². The van der Waals surface area contributed by atoms with Gasteiger partial charge in [0.15, 0.2) is 11.5 Å². The van der Waals surface area contributed by atoms with E-state index in [0.717, 1.165) is 6.42 Å². The van der Waals surface area contributed by atoms with E-state index in [4.69, 9.17) is 9.47 Å². The monoisotopic (exact) mass is 291 g/mol. The Morgan fingerprint density at radius 3 is 2.67 bits per heavy atom. The van der Waals surface area contributed by atoms with E-state index in [9.17, 15) is 9.90 Å². The first-order valence-corrected chi connectivity index (χ1v) is 7.37. The molecule has 1 heterocycles. The van der Waals surface area contributed by atoms with E-state index >= 15 is 0 Å². The predicted molar refractivity (Wildman–Crippen MR) is 77.7 cm³/mol. The molecular formula is C16H21NO4. The number of hydrogen-bond donors (Lipinski definition) is 2. The van der Waals surface area contributed by atoms with Gasteiger partial charge in [0.2, 0.25) is 0 Å². The standard InChI is InChI=1S/C16H21NO4/c1-16(2)13(9-14(16)18)17-15(19)10-4-5-11-12(8-10)21-7-3-6-20-11/h4-5,8,13-14,18H,3,6-7,9H2,1-2H3,(H,17,19). The van der Waals surface area contributed by atoms with E-state index in [1.165, 1.54) is 0 Å². The number of hydrogen-bond acceptors (Lipinski definition) is 4. The van der Waals surface area contributed by atoms with Crippen molar-refractivity contribution in [1.29, 1.82) is 0 Å². The number of carbonyl (C=O) groups excluding carboxylic acids is 1. The molecule has 0 spiro atoms. The summed E-state index contributed by atoms with van der Waals surface area (Å²) >= 11 is 0. The van der Waals surface area contributed by atoms with Crippen LogP contribution in [-0.4, -0.2) is 36.4 Å². The van der Waals surface area contributed by atoms with Crippen molar-refractivity contribution in [3.05, 3.63) is 23.8 Å². The van der Waals surface area contributed by atoms with Crippen LogP contribution in [0.4, 0.5) is 0 Å². The Kier molecular flexibility index (Phi) is 3.53. The molecule has 3 rings (SSSR count). The Morgan fingerprint density at radius 2 is 2.00 bits per heavy atom. The fourth-order valence-corrected chi connectivity index (χ4v) is 2.69. The number of benzene rings is 1. The quantitative estimate of drug-likeness (QED) is 0.871. The van der Waals surface area contributed by atoms with Gasteiger partial charge < -0.3 is 19.9 Å². The van der Waals surface area contributed by atoms with Gasteiger partial charge in [0.25, 0.3) is 5.91 Å². The van der Waals surface area contributed by atoms with Crippen LogP contribution in [0.1, 0.15) is 37.0 Å². The molecule has 1 fully saturated rings. The first-order valence-electron chi connectivity index (χ1n) is 7.37. The fourth-order valence-electron chi connectivity index (χ4n) is 2.69. The van der Waals surface area contributed by atoms with Gasteiger partial charge in [0.1, 0.15) is 0 Å². The van der Waals surface area contributed by atoms with Crippen LogP contribution in [0.2, 0.25) is 0 Å². The average molecular weight is 291 g/mol. The van der Waals surface area contributed by atoms with Gasteiger partial charge >= 0.3 is 0 Å². The van der Waals surface area contributed by atoms with Crippen molar-refractivity contribution in [2.75, 3.05) is 13.2 Å². The molecule has 1 amide bonds. The molecule has 2 atom stereocenters. The van der Waals surface area contributed by atoms with Crippen molar-refractivity contribution in [3.63, 3.8) is 0 Å². The third-order valence-electron chi connectivity index (χ3n) is 4.53. The molecule has 0 bridgehead atoms. The van der Waals surface area contributed by atoms with Crippen molar-refractivity contribution in [2.24, 2.45) is 5.41 Å². The molecule has 5 heteroatoms. The highest BCUT2D eigenvalue weighted by Gasteiger charge is 2.48. The summed E-state index contributed by atoms with van der Waals surface area (Å²) in [6.07, 6.45) is 1.08. The Bertz CT molecular complexity index is 555. The second-order valence-corrected chi connectivity index (χ2v) is 6.31. The first-order chi connectivity index (χ1) is 9.98. The minimum Gasteiger partial charge on any atom is -0.490 e. The number of ether oxygens (including phenoxy) is 2. The fraction of sp³-hybridized carbons (Fsp3) is 0.562. The molecule has 0 aromatic heterocycles. The van der Waals surface area contributed by atoms with E-state index < -0.39 is 0 Å². The van der Waals surface area contributed by atoms with Crippen molar-refractivity contribution in [2.45, 2.75) is 38.8 Å². The molecule has 1 saturated carbocycles. The first kappa shape index (κ1) is 14.2. The summed E-state index contributed by atoms with van der Waals surface area (Å²) in [5.74, 6) is 1.16. The highest BCUT2D eigenvalue weighted by molar-refractivity contribution is 5.95. The number of aliphatic hydroxyl groups is 1. The van der Waals surface area contributed by atoms with E-state index in [-0.39, 0.29) is 23.5 Å². The van der Waals surface area contributed by atoms with Gasteiger partial charge in [-0.1, -0.05) is 13.8 Å². The SMILES string of the molecule is CC1(C)C(O)CC1NC(=O)c1ccc2c(c1)OCCCO2. The highest BCUT2D eigenvalue weighted by atomic mass is 16.5. The normalized spacial score (nSPS) is 26.4. The van der Waals surface area contributed by atoms with E-state index in [2.05, 4.69) is 5.32 Å². The minimum absolute atomic E-state index is 0.00372. The Labute approximate surface area is 124 Å². The molecule has 5 nitrogen and oxygen atoms in total. The zero-order valence-corrected chi connectivity index (χ0v) is 12.4. The van der Waals surface area contributed by atoms with Crippen molar-refractivity contribution in [3.8, 4) is 11.5 Å². The Balaban J connectivity index is 1.72. The molecule has 2 unspecified atom stereocenters. The maximum atomic E-state index is 12.3. The predicted octanol–water partition coefficient (Wildman–Crippen LogP) is 1.74. The third kappa shape index (κ3) is 2.58. The van der Waals surface area contributed by atoms with E-state index in [0.29, 0.717) is 36.7 Å². The Morgan fingerprint density at radius 1 is 1.29 bits per heavy atom. The van der Waals surface area contributed by atoms with E-state index in [1.807, 2.05) is 13.8 Å². The number of nitrogens with one attached hydrogen (secondary N) is 1. The molecule has 1 aliphatic carbocycles. The summed E-state index contributed by atoms with van der Waals surface area (Å²) in [5, 5.41) is 12.7. The number of fused-ring (bicyclic) bond motifs is 1. The molecule has 114 valence electrons. The zero-order chi connectivity index (χ0) is 15.0. The smallest absolute Gasteiger partial charge is 0.251 e. The summed E-state index contributed by atoms with van der Waals surface area (Å²) in [6, 6.07) is 5.23. The lowest BCUT2D eigenvalue weighted by Gasteiger charge is -2.49. The van der Waals surface area contributed by atoms with Gasteiger partial charge in [-0.25, -0.2) is 0 Å². The van der Waals surface area contributed by atoms with Crippen LogP contribution in [0.15, 0.2) is 18.2 Å². The van der Waals surface area contributed by atoms with Crippen molar-refractivity contribution < 1.29 is 19.4 Å². The lowest BCUT2D eigenvalue weighted by molar-refractivity contribution is -0.0689. The van der Waals surface area contributed by atoms with Crippen LogP contribution < -0.4 is 14.8 Å². The van der Waals surface area contributed by atoms with E-state index in [1.54, 1.807) is 18.2 Å². The van der Waals surface area contributed by atoms with Gasteiger partial charge in [-0.05, 0) is 24.6 Å². The topological polar surface area (TPSA) is 67.8 Å². The zero-order valence-electron chi connectivity index (χ0n) is 12.4.